The van der Waals surface area contributed by atoms with E-state index in [0.29, 0.717) is 23.8 Å². The lowest BCUT2D eigenvalue weighted by Gasteiger charge is -2.27. The number of benzene rings is 1. The number of hydrogen-bond donors (Lipinski definition) is 1. The molecule has 0 fully saturated rings. The Bertz CT molecular complexity index is 766. The third kappa shape index (κ3) is 3.00. The quantitative estimate of drug-likeness (QED) is 0.656. The number of anilines is 1. The first-order chi connectivity index (χ1) is 11.6. The fourth-order valence-electron chi connectivity index (χ4n) is 2.63. The van der Waals surface area contributed by atoms with Crippen LogP contribution in [0.3, 0.4) is 0 Å². The molecule has 1 aliphatic rings. The van der Waals surface area contributed by atoms with Crippen LogP contribution in [0.25, 0.3) is 0 Å². The smallest absolute Gasteiger partial charge is 0.338 e. The maximum atomic E-state index is 12.6. The zero-order chi connectivity index (χ0) is 17.1. The Hall–Kier alpha value is -2.74. The molecule has 1 N–H and O–H groups in total. The first-order valence-corrected chi connectivity index (χ1v) is 7.60. The molecule has 0 radical (unpaired) electrons. The topological polar surface area (TPSA) is 91.2 Å². The highest BCUT2D eigenvalue weighted by Gasteiger charge is 2.34. The van der Waals surface area contributed by atoms with Gasteiger partial charge in [0.05, 0.1) is 12.2 Å². The number of rotatable bonds is 5. The molecule has 8 heteroatoms. The van der Waals surface area contributed by atoms with Crippen molar-refractivity contribution in [1.82, 2.24) is 20.2 Å². The van der Waals surface area contributed by atoms with Crippen molar-refractivity contribution in [3.05, 3.63) is 46.7 Å². The maximum Gasteiger partial charge on any atom is 0.338 e. The molecule has 0 spiro atoms. The fraction of sp³-hybridized carbons (Fsp3) is 0.375. The molecule has 0 amide bonds. The largest absolute Gasteiger partial charge is 0.460 e. The first-order valence-electron chi connectivity index (χ1n) is 7.60. The van der Waals surface area contributed by atoms with Crippen molar-refractivity contribution in [2.24, 2.45) is 0 Å². The standard InChI is InChI=1S/C16H19N5O3/c1-10-4-6-12(7-5-10)14-13(15(22)24-9-8-23-3)11(2)17-16-18-19-20-21(14)16/h4-7,14H,8-9H2,1-3H3,(H,17,18,20). The molecule has 0 aliphatic carbocycles. The number of tetrazole rings is 1. The van der Waals surface area contributed by atoms with Gasteiger partial charge in [0, 0.05) is 12.8 Å². The molecule has 2 heterocycles. The Morgan fingerprint density at radius 2 is 2.00 bits per heavy atom. The summed E-state index contributed by atoms with van der Waals surface area (Å²) in [7, 11) is 1.56. The minimum atomic E-state index is -0.438. The van der Waals surface area contributed by atoms with E-state index < -0.39 is 12.0 Å². The molecule has 1 atom stereocenters. The maximum absolute atomic E-state index is 12.6. The van der Waals surface area contributed by atoms with Crippen LogP contribution >= 0.6 is 0 Å². The molecule has 0 bridgehead atoms. The molecule has 1 aliphatic heterocycles. The number of nitrogens with one attached hydrogen (secondary N) is 1. The molecular weight excluding hydrogens is 310 g/mol. The predicted molar refractivity (Wildman–Crippen MR) is 86.3 cm³/mol. The number of esters is 1. The SMILES string of the molecule is COCCOC(=O)C1=C(C)Nc2nnnn2C1c1ccc(C)cc1. The number of ether oxygens (including phenoxy) is 2. The second-order valence-corrected chi connectivity index (χ2v) is 5.55. The molecule has 1 aromatic carbocycles. The number of aromatic nitrogens is 4. The highest BCUT2D eigenvalue weighted by atomic mass is 16.6. The Morgan fingerprint density at radius 1 is 1.25 bits per heavy atom. The van der Waals surface area contributed by atoms with Crippen LogP contribution in [0.2, 0.25) is 0 Å². The molecule has 24 heavy (non-hydrogen) atoms. The van der Waals surface area contributed by atoms with Gasteiger partial charge in [-0.2, -0.15) is 4.68 Å². The number of aryl methyl sites for hydroxylation is 1. The molecule has 1 aromatic heterocycles. The Labute approximate surface area is 139 Å². The lowest BCUT2D eigenvalue weighted by molar-refractivity contribution is -0.140. The van der Waals surface area contributed by atoms with Gasteiger partial charge in [0.15, 0.2) is 0 Å². The van der Waals surface area contributed by atoms with Crippen molar-refractivity contribution in [2.75, 3.05) is 25.6 Å². The van der Waals surface area contributed by atoms with Gasteiger partial charge in [-0.3, -0.25) is 0 Å². The zero-order valence-corrected chi connectivity index (χ0v) is 13.8. The average Bonchev–Trinajstić information content (AvgIpc) is 3.02. The van der Waals surface area contributed by atoms with Crippen LogP contribution in [0.1, 0.15) is 24.1 Å². The van der Waals surface area contributed by atoms with Crippen LogP contribution in [0.5, 0.6) is 0 Å². The fourth-order valence-corrected chi connectivity index (χ4v) is 2.63. The summed E-state index contributed by atoms with van der Waals surface area (Å²) in [5, 5.41) is 14.7. The summed E-state index contributed by atoms with van der Waals surface area (Å²) in [5.74, 6) is 0.0790. The molecule has 1 unspecified atom stereocenters. The molecule has 3 rings (SSSR count). The van der Waals surface area contributed by atoms with Crippen molar-refractivity contribution in [3.63, 3.8) is 0 Å². The summed E-state index contributed by atoms with van der Waals surface area (Å²) in [5.41, 5.74) is 3.20. The third-order valence-electron chi connectivity index (χ3n) is 3.85. The summed E-state index contributed by atoms with van der Waals surface area (Å²) in [6.45, 7) is 4.36. The summed E-state index contributed by atoms with van der Waals surface area (Å²) in [6.07, 6.45) is 0. The zero-order valence-electron chi connectivity index (χ0n) is 13.8. The van der Waals surface area contributed by atoms with Crippen molar-refractivity contribution in [2.45, 2.75) is 19.9 Å². The van der Waals surface area contributed by atoms with Gasteiger partial charge >= 0.3 is 5.97 Å². The number of allylic oxidation sites excluding steroid dienone is 1. The first kappa shape index (κ1) is 16.1. The summed E-state index contributed by atoms with van der Waals surface area (Å²) >= 11 is 0. The third-order valence-corrected chi connectivity index (χ3v) is 3.85. The van der Waals surface area contributed by atoms with Crippen LogP contribution in [-0.4, -0.2) is 46.5 Å². The number of nitrogens with zero attached hydrogens (tertiary/aromatic N) is 4. The van der Waals surface area contributed by atoms with Crippen LogP contribution in [0.15, 0.2) is 35.5 Å². The van der Waals surface area contributed by atoms with E-state index in [0.717, 1.165) is 11.1 Å². The van der Waals surface area contributed by atoms with E-state index in [9.17, 15) is 4.79 Å². The van der Waals surface area contributed by atoms with Crippen molar-refractivity contribution >= 4 is 11.9 Å². The number of hydrogen-bond acceptors (Lipinski definition) is 7. The van der Waals surface area contributed by atoms with E-state index in [1.54, 1.807) is 11.8 Å². The average molecular weight is 329 g/mol. The summed E-state index contributed by atoms with van der Waals surface area (Å²) in [4.78, 5) is 12.6. The van der Waals surface area contributed by atoms with E-state index in [-0.39, 0.29) is 6.61 Å². The van der Waals surface area contributed by atoms with Crippen LogP contribution in [-0.2, 0) is 14.3 Å². The van der Waals surface area contributed by atoms with Gasteiger partial charge in [-0.25, -0.2) is 4.79 Å². The van der Waals surface area contributed by atoms with Gasteiger partial charge in [-0.1, -0.05) is 34.9 Å². The van der Waals surface area contributed by atoms with Crippen LogP contribution in [0, 0.1) is 6.92 Å². The van der Waals surface area contributed by atoms with Crippen LogP contribution in [0.4, 0.5) is 5.95 Å². The van der Waals surface area contributed by atoms with E-state index in [4.69, 9.17) is 9.47 Å². The van der Waals surface area contributed by atoms with Crippen LogP contribution < -0.4 is 5.32 Å². The van der Waals surface area contributed by atoms with E-state index in [1.165, 1.54) is 0 Å². The number of carbonyl (C=O) groups excluding carboxylic acids is 1. The lowest BCUT2D eigenvalue weighted by atomic mass is 9.95. The van der Waals surface area contributed by atoms with Crippen molar-refractivity contribution in [1.29, 1.82) is 0 Å². The molecule has 2 aromatic rings. The minimum Gasteiger partial charge on any atom is -0.460 e. The number of fused-ring (bicyclic) bond motifs is 1. The van der Waals surface area contributed by atoms with Gasteiger partial charge in [0.25, 0.3) is 0 Å². The number of carbonyl (C=O) groups is 1. The van der Waals surface area contributed by atoms with E-state index in [2.05, 4.69) is 20.8 Å². The van der Waals surface area contributed by atoms with Crippen molar-refractivity contribution in [3.8, 4) is 0 Å². The second-order valence-electron chi connectivity index (χ2n) is 5.55. The van der Waals surface area contributed by atoms with Gasteiger partial charge < -0.3 is 14.8 Å². The van der Waals surface area contributed by atoms with Gasteiger partial charge in [-0.05, 0) is 29.8 Å². The normalized spacial score (nSPS) is 16.5. The lowest BCUT2D eigenvalue weighted by Crippen LogP contribution is -2.30. The molecule has 8 nitrogen and oxygen atoms in total. The Morgan fingerprint density at radius 3 is 2.71 bits per heavy atom. The minimum absolute atomic E-state index is 0.190. The molecule has 0 saturated heterocycles. The molecule has 0 saturated carbocycles. The highest BCUT2D eigenvalue weighted by Crippen LogP contribution is 2.34. The van der Waals surface area contributed by atoms with E-state index >= 15 is 0 Å². The highest BCUT2D eigenvalue weighted by molar-refractivity contribution is 5.92. The van der Waals surface area contributed by atoms with Gasteiger partial charge in [0.1, 0.15) is 12.6 Å². The Kier molecular flexibility index (Phi) is 4.57. The second kappa shape index (κ2) is 6.79. The van der Waals surface area contributed by atoms with Gasteiger partial charge in [-0.15, -0.1) is 0 Å². The van der Waals surface area contributed by atoms with Crippen molar-refractivity contribution < 1.29 is 14.3 Å². The molecular formula is C16H19N5O3. The van der Waals surface area contributed by atoms with E-state index in [1.807, 2.05) is 38.1 Å². The monoisotopic (exact) mass is 329 g/mol. The molecule has 126 valence electrons. The summed E-state index contributed by atoms with van der Waals surface area (Å²) < 4.78 is 11.8. The number of methoxy groups -OCH3 is 1. The summed E-state index contributed by atoms with van der Waals surface area (Å²) in [6, 6.07) is 7.47. The van der Waals surface area contributed by atoms with Gasteiger partial charge in [0.2, 0.25) is 5.95 Å². The Balaban J connectivity index is 2.00. The predicted octanol–water partition coefficient (Wildman–Crippen LogP) is 1.46.